The van der Waals surface area contributed by atoms with E-state index in [9.17, 15) is 22.4 Å². The van der Waals surface area contributed by atoms with Crippen LogP contribution in [0.3, 0.4) is 0 Å². The van der Waals surface area contributed by atoms with Crippen LogP contribution in [0.4, 0.5) is 39.5 Å². The van der Waals surface area contributed by atoms with Crippen molar-refractivity contribution in [3.8, 4) is 17.0 Å². The molecule has 2 amide bonds. The Balaban J connectivity index is 1.29. The summed E-state index contributed by atoms with van der Waals surface area (Å²) in [7, 11) is 0. The first kappa shape index (κ1) is 28.1. The number of hydrogen-bond donors (Lipinski definition) is 3. The Bertz CT molecular complexity index is 1540. The zero-order valence-corrected chi connectivity index (χ0v) is 21.8. The number of rotatable bonds is 7. The number of pyridine rings is 1. The third-order valence-electron chi connectivity index (χ3n) is 6.61. The number of anilines is 3. The normalized spacial score (nSPS) is 14.1. The average molecular weight is 570 g/mol. The summed E-state index contributed by atoms with van der Waals surface area (Å²) in [5.41, 5.74) is 6.48. The van der Waals surface area contributed by atoms with Crippen molar-refractivity contribution < 1.29 is 31.8 Å². The number of nitrogen functional groups attached to an aromatic ring is 1. The minimum absolute atomic E-state index is 0.308. The number of urea groups is 1. The standard InChI is InChI=1S/C29H27F4N5O3/c30-24-9-6-19(29(31,32)33)16-25(24)36-28(39)35-20-7-4-18(5-8-20)21-2-1-3-22-23(21)17-26(34)37-27(22)41-15-12-38-10-13-40-14-11-38/h1-9,16-17H,10-15H2,(H2,34,37)(H2,35,36,39). The molecule has 0 saturated carbocycles. The highest BCUT2D eigenvalue weighted by molar-refractivity contribution is 6.02. The lowest BCUT2D eigenvalue weighted by Crippen LogP contribution is -2.38. The Labute approximate surface area is 233 Å². The van der Waals surface area contributed by atoms with Gasteiger partial charge in [0, 0.05) is 30.7 Å². The molecule has 0 spiro atoms. The molecule has 2 heterocycles. The molecule has 1 aliphatic rings. The number of nitrogens with two attached hydrogens (primary N) is 1. The van der Waals surface area contributed by atoms with Gasteiger partial charge in [-0.25, -0.2) is 9.18 Å². The highest BCUT2D eigenvalue weighted by Crippen LogP contribution is 2.35. The van der Waals surface area contributed by atoms with Crippen molar-refractivity contribution in [2.75, 3.05) is 55.8 Å². The van der Waals surface area contributed by atoms with Gasteiger partial charge in [0.15, 0.2) is 0 Å². The number of morpholine rings is 1. The van der Waals surface area contributed by atoms with E-state index in [-0.39, 0.29) is 0 Å². The molecule has 8 nitrogen and oxygen atoms in total. The Hall–Kier alpha value is -4.42. The van der Waals surface area contributed by atoms with Crippen LogP contribution in [-0.2, 0) is 10.9 Å². The summed E-state index contributed by atoms with van der Waals surface area (Å²) < 4.78 is 64.3. The SMILES string of the molecule is Nc1cc2c(-c3ccc(NC(=O)Nc4cc(C(F)(F)F)ccc4F)cc3)cccc2c(OCCN2CCOCC2)n1. The van der Waals surface area contributed by atoms with Crippen LogP contribution in [-0.4, -0.2) is 55.4 Å². The summed E-state index contributed by atoms with van der Waals surface area (Å²) in [6.07, 6.45) is -4.67. The number of ether oxygens (including phenoxy) is 2. The molecule has 1 aliphatic heterocycles. The van der Waals surface area contributed by atoms with E-state index in [2.05, 4.69) is 20.5 Å². The van der Waals surface area contributed by atoms with Crippen molar-refractivity contribution >= 4 is 34.0 Å². The quantitative estimate of drug-likeness (QED) is 0.236. The van der Waals surface area contributed by atoms with E-state index in [4.69, 9.17) is 15.2 Å². The molecule has 5 rings (SSSR count). The fourth-order valence-electron chi connectivity index (χ4n) is 4.54. The number of alkyl halides is 3. The van der Waals surface area contributed by atoms with Gasteiger partial charge in [0.1, 0.15) is 18.2 Å². The highest BCUT2D eigenvalue weighted by Gasteiger charge is 2.31. The van der Waals surface area contributed by atoms with E-state index < -0.39 is 29.3 Å². The van der Waals surface area contributed by atoms with Crippen LogP contribution in [0.5, 0.6) is 5.88 Å². The molecule has 0 aliphatic carbocycles. The number of carbonyl (C=O) groups is 1. The Morgan fingerprint density at radius 3 is 2.49 bits per heavy atom. The van der Waals surface area contributed by atoms with Gasteiger partial charge in [0.25, 0.3) is 0 Å². The molecular formula is C29H27F4N5O3. The maximum atomic E-state index is 14.0. The van der Waals surface area contributed by atoms with Gasteiger partial charge >= 0.3 is 12.2 Å². The van der Waals surface area contributed by atoms with Crippen molar-refractivity contribution in [3.63, 3.8) is 0 Å². The summed E-state index contributed by atoms with van der Waals surface area (Å²) in [5, 5.41) is 6.25. The third kappa shape index (κ3) is 6.84. The second-order valence-electron chi connectivity index (χ2n) is 9.40. The van der Waals surface area contributed by atoms with Gasteiger partial charge in [0.05, 0.1) is 24.5 Å². The number of nitrogens with one attached hydrogen (secondary N) is 2. The summed E-state index contributed by atoms with van der Waals surface area (Å²) >= 11 is 0. The minimum atomic E-state index is -4.67. The lowest BCUT2D eigenvalue weighted by Gasteiger charge is -2.26. The van der Waals surface area contributed by atoms with Crippen LogP contribution in [0.1, 0.15) is 5.56 Å². The summed E-state index contributed by atoms with van der Waals surface area (Å²) in [6, 6.07) is 15.2. The number of benzene rings is 3. The van der Waals surface area contributed by atoms with E-state index in [0.717, 1.165) is 41.5 Å². The number of hydrogen-bond acceptors (Lipinski definition) is 6. The first-order valence-electron chi connectivity index (χ1n) is 12.8. The minimum Gasteiger partial charge on any atom is -0.476 e. The average Bonchev–Trinajstić information content (AvgIpc) is 2.94. The van der Waals surface area contributed by atoms with E-state index >= 15 is 0 Å². The third-order valence-corrected chi connectivity index (χ3v) is 6.61. The van der Waals surface area contributed by atoms with Gasteiger partial charge in [0.2, 0.25) is 5.88 Å². The molecule has 0 unspecified atom stereocenters. The number of carbonyl (C=O) groups excluding carboxylic acids is 1. The van der Waals surface area contributed by atoms with Crippen molar-refractivity contribution in [2.24, 2.45) is 0 Å². The molecule has 12 heteroatoms. The first-order chi connectivity index (χ1) is 19.7. The van der Waals surface area contributed by atoms with Gasteiger partial charge in [-0.15, -0.1) is 0 Å². The fraction of sp³-hybridized carbons (Fsp3) is 0.241. The fourth-order valence-corrected chi connectivity index (χ4v) is 4.54. The molecule has 41 heavy (non-hydrogen) atoms. The Kier molecular flexibility index (Phi) is 8.22. The van der Waals surface area contributed by atoms with Gasteiger partial charge in [-0.2, -0.15) is 18.2 Å². The number of nitrogens with zero attached hydrogens (tertiary/aromatic N) is 2. The second kappa shape index (κ2) is 12.0. The van der Waals surface area contributed by atoms with Crippen LogP contribution in [0.2, 0.25) is 0 Å². The van der Waals surface area contributed by atoms with Crippen molar-refractivity contribution in [1.29, 1.82) is 0 Å². The molecule has 3 aromatic carbocycles. The number of halogens is 4. The smallest absolute Gasteiger partial charge is 0.416 e. The highest BCUT2D eigenvalue weighted by atomic mass is 19.4. The molecule has 0 bridgehead atoms. The summed E-state index contributed by atoms with van der Waals surface area (Å²) in [4.78, 5) is 19.0. The number of fused-ring (bicyclic) bond motifs is 1. The molecule has 214 valence electrons. The lowest BCUT2D eigenvalue weighted by molar-refractivity contribution is -0.137. The predicted molar refractivity (Wildman–Crippen MR) is 148 cm³/mol. The van der Waals surface area contributed by atoms with Crippen molar-refractivity contribution in [2.45, 2.75) is 6.18 Å². The van der Waals surface area contributed by atoms with Gasteiger partial charge in [-0.1, -0.05) is 24.3 Å². The largest absolute Gasteiger partial charge is 0.476 e. The number of amides is 2. The molecule has 1 saturated heterocycles. The van der Waals surface area contributed by atoms with E-state index in [0.29, 0.717) is 55.4 Å². The van der Waals surface area contributed by atoms with Crippen LogP contribution in [0, 0.1) is 5.82 Å². The zero-order valence-electron chi connectivity index (χ0n) is 21.8. The summed E-state index contributed by atoms with van der Waals surface area (Å²) in [6.45, 7) is 4.30. The van der Waals surface area contributed by atoms with Crippen molar-refractivity contribution in [1.82, 2.24) is 9.88 Å². The van der Waals surface area contributed by atoms with E-state index in [1.54, 1.807) is 30.3 Å². The Morgan fingerprint density at radius 2 is 1.76 bits per heavy atom. The predicted octanol–water partition coefficient (Wildman–Crippen LogP) is 6.00. The second-order valence-corrected chi connectivity index (χ2v) is 9.40. The van der Waals surface area contributed by atoms with Gasteiger partial charge in [-0.05, 0) is 59.0 Å². The molecule has 4 N–H and O–H groups in total. The van der Waals surface area contributed by atoms with Crippen molar-refractivity contribution in [3.05, 3.63) is 78.1 Å². The van der Waals surface area contributed by atoms with Crippen LogP contribution < -0.4 is 21.1 Å². The topological polar surface area (TPSA) is 102 Å². The zero-order chi connectivity index (χ0) is 29.0. The molecular weight excluding hydrogens is 542 g/mol. The van der Waals surface area contributed by atoms with Crippen LogP contribution in [0.15, 0.2) is 66.7 Å². The van der Waals surface area contributed by atoms with Crippen LogP contribution >= 0.6 is 0 Å². The maximum absolute atomic E-state index is 14.0. The molecule has 4 aromatic rings. The molecule has 0 radical (unpaired) electrons. The monoisotopic (exact) mass is 569 g/mol. The van der Waals surface area contributed by atoms with E-state index in [1.807, 2.05) is 18.2 Å². The molecule has 1 fully saturated rings. The van der Waals surface area contributed by atoms with Gasteiger partial charge < -0.3 is 25.8 Å². The van der Waals surface area contributed by atoms with Crippen LogP contribution in [0.25, 0.3) is 21.9 Å². The lowest BCUT2D eigenvalue weighted by atomic mass is 9.99. The van der Waals surface area contributed by atoms with Gasteiger partial charge in [-0.3, -0.25) is 4.90 Å². The number of aromatic nitrogens is 1. The Morgan fingerprint density at radius 1 is 1.00 bits per heavy atom. The molecule has 1 aromatic heterocycles. The van der Waals surface area contributed by atoms with E-state index in [1.165, 1.54) is 0 Å². The summed E-state index contributed by atoms with van der Waals surface area (Å²) in [5.74, 6) is -0.243. The molecule has 0 atom stereocenters. The maximum Gasteiger partial charge on any atom is 0.416 e. The first-order valence-corrected chi connectivity index (χ1v) is 12.8.